The van der Waals surface area contributed by atoms with E-state index in [9.17, 15) is 14.7 Å². The van der Waals surface area contributed by atoms with Gasteiger partial charge in [-0.2, -0.15) is 0 Å². The van der Waals surface area contributed by atoms with E-state index in [1.54, 1.807) is 60.7 Å². The molecule has 0 saturated heterocycles. The van der Waals surface area contributed by atoms with Crippen molar-refractivity contribution in [2.45, 2.75) is 0 Å². The van der Waals surface area contributed by atoms with Gasteiger partial charge in [0.05, 0.1) is 16.6 Å². The number of para-hydroxylation sites is 2. The van der Waals surface area contributed by atoms with Gasteiger partial charge in [0.25, 0.3) is 0 Å². The van der Waals surface area contributed by atoms with Crippen molar-refractivity contribution >= 4 is 33.8 Å². The number of rotatable bonds is 3. The topological polar surface area (TPSA) is 93.0 Å². The molecule has 150 valence electrons. The summed E-state index contributed by atoms with van der Waals surface area (Å²) in [7, 11) is 0. The molecule has 0 saturated carbocycles. The molecule has 1 N–H and O–H groups in total. The summed E-state index contributed by atoms with van der Waals surface area (Å²) in [5.41, 5.74) is 1.39. The second-order valence-electron chi connectivity index (χ2n) is 6.94. The molecule has 6 nitrogen and oxygen atoms in total. The first-order valence-corrected chi connectivity index (χ1v) is 9.52. The monoisotopic (exact) mass is 409 g/mol. The fourth-order valence-corrected chi connectivity index (χ4v) is 3.39. The Kier molecular flexibility index (Phi) is 4.45. The smallest absolute Gasteiger partial charge is 0.348 e. The number of aliphatic imine (C=N–C) groups is 1. The average Bonchev–Trinajstić information content (AvgIpc) is 2.79. The Morgan fingerprint density at radius 1 is 0.774 bits per heavy atom. The summed E-state index contributed by atoms with van der Waals surface area (Å²) in [5, 5.41) is 11.7. The molecule has 0 aliphatic carbocycles. The molecule has 0 aliphatic rings. The molecule has 0 radical (unpaired) electrons. The van der Waals surface area contributed by atoms with Gasteiger partial charge in [0.1, 0.15) is 22.5 Å². The largest absolute Gasteiger partial charge is 0.506 e. The third-order valence-electron chi connectivity index (χ3n) is 4.98. The molecular weight excluding hydrogens is 394 g/mol. The summed E-state index contributed by atoms with van der Waals surface area (Å²) in [6, 6.07) is 22.7. The fraction of sp³-hybridized carbons (Fsp3) is 0. The lowest BCUT2D eigenvalue weighted by molar-refractivity contribution is 0.466. The summed E-state index contributed by atoms with van der Waals surface area (Å²) in [4.78, 5) is 28.8. The first kappa shape index (κ1) is 18.6. The molecule has 2 aromatic heterocycles. The van der Waals surface area contributed by atoms with Crippen molar-refractivity contribution in [1.82, 2.24) is 0 Å². The lowest BCUT2D eigenvalue weighted by atomic mass is 10.1. The predicted octanol–water partition coefficient (Wildman–Crippen LogP) is 5.02. The van der Waals surface area contributed by atoms with E-state index in [2.05, 4.69) is 4.99 Å². The van der Waals surface area contributed by atoms with Gasteiger partial charge in [-0.25, -0.2) is 9.59 Å². The molecule has 31 heavy (non-hydrogen) atoms. The van der Waals surface area contributed by atoms with Crippen LogP contribution in [-0.2, 0) is 0 Å². The zero-order chi connectivity index (χ0) is 21.4. The molecule has 0 amide bonds. The maximum absolute atomic E-state index is 12.3. The summed E-state index contributed by atoms with van der Waals surface area (Å²) in [5.74, 6) is -0.180. The Bertz CT molecular complexity index is 1580. The van der Waals surface area contributed by atoms with Crippen molar-refractivity contribution in [2.75, 3.05) is 0 Å². The van der Waals surface area contributed by atoms with E-state index in [1.165, 1.54) is 6.21 Å². The van der Waals surface area contributed by atoms with Crippen molar-refractivity contribution in [3.05, 3.63) is 105 Å². The molecule has 0 atom stereocenters. The molecule has 6 heteroatoms. The molecule has 0 fully saturated rings. The third kappa shape index (κ3) is 3.40. The van der Waals surface area contributed by atoms with Crippen LogP contribution in [0.25, 0.3) is 33.1 Å². The number of benzene rings is 3. The Morgan fingerprint density at radius 2 is 1.45 bits per heavy atom. The number of aromatic hydroxyl groups is 1. The Labute approximate surface area is 175 Å². The second-order valence-corrected chi connectivity index (χ2v) is 6.94. The minimum Gasteiger partial charge on any atom is -0.506 e. The van der Waals surface area contributed by atoms with Crippen LogP contribution < -0.4 is 11.3 Å². The van der Waals surface area contributed by atoms with Crippen molar-refractivity contribution in [1.29, 1.82) is 0 Å². The molecule has 2 heterocycles. The van der Waals surface area contributed by atoms with Crippen molar-refractivity contribution in [3.63, 3.8) is 0 Å². The van der Waals surface area contributed by atoms with Gasteiger partial charge in [0.15, 0.2) is 0 Å². The van der Waals surface area contributed by atoms with E-state index in [-0.39, 0.29) is 11.3 Å². The highest BCUT2D eigenvalue weighted by molar-refractivity contribution is 5.94. The van der Waals surface area contributed by atoms with Crippen LogP contribution in [0.1, 0.15) is 5.56 Å². The lowest BCUT2D eigenvalue weighted by Gasteiger charge is -2.04. The van der Waals surface area contributed by atoms with Crippen LogP contribution in [0.2, 0.25) is 0 Å². The molecule has 0 bridgehead atoms. The zero-order valence-corrected chi connectivity index (χ0v) is 16.1. The molecule has 5 aromatic rings. The number of nitrogens with zero attached hydrogens (tertiary/aromatic N) is 1. The van der Waals surface area contributed by atoms with Crippen molar-refractivity contribution in [3.8, 4) is 16.9 Å². The van der Waals surface area contributed by atoms with Gasteiger partial charge in [-0.1, -0.05) is 42.5 Å². The van der Waals surface area contributed by atoms with E-state index in [0.29, 0.717) is 33.4 Å². The lowest BCUT2D eigenvalue weighted by Crippen LogP contribution is -2.06. The number of fused-ring (bicyclic) bond motifs is 2. The Morgan fingerprint density at radius 3 is 2.26 bits per heavy atom. The standard InChI is InChI=1S/C25H15NO5/c27-23-18-6-2-4-8-22(18)31-25(29)20(23)14-26-17-11-9-15(10-12-17)19-13-16-5-1-3-7-21(16)30-24(19)28/h1-14,27H. The van der Waals surface area contributed by atoms with Crippen molar-refractivity contribution in [2.24, 2.45) is 4.99 Å². The Balaban J connectivity index is 1.48. The normalized spacial score (nSPS) is 11.5. The van der Waals surface area contributed by atoms with Crippen LogP contribution in [0, 0.1) is 0 Å². The number of hydrogen-bond acceptors (Lipinski definition) is 6. The fourth-order valence-electron chi connectivity index (χ4n) is 3.39. The van der Waals surface area contributed by atoms with Crippen LogP contribution in [0.15, 0.2) is 102 Å². The van der Waals surface area contributed by atoms with Gasteiger partial charge in [0, 0.05) is 11.6 Å². The summed E-state index contributed by atoms with van der Waals surface area (Å²) >= 11 is 0. The Hall–Kier alpha value is -4.45. The van der Waals surface area contributed by atoms with E-state index >= 15 is 0 Å². The molecule has 0 aliphatic heterocycles. The van der Waals surface area contributed by atoms with E-state index in [1.807, 2.05) is 18.2 Å². The van der Waals surface area contributed by atoms with Crippen LogP contribution in [-0.4, -0.2) is 11.3 Å². The van der Waals surface area contributed by atoms with E-state index in [4.69, 9.17) is 8.83 Å². The molecule has 3 aromatic carbocycles. The highest BCUT2D eigenvalue weighted by Crippen LogP contribution is 2.26. The maximum Gasteiger partial charge on any atom is 0.348 e. The van der Waals surface area contributed by atoms with Gasteiger partial charge < -0.3 is 13.9 Å². The second kappa shape index (κ2) is 7.42. The quantitative estimate of drug-likeness (QED) is 0.333. The average molecular weight is 409 g/mol. The molecule has 0 unspecified atom stereocenters. The molecular formula is C25H15NO5. The maximum atomic E-state index is 12.3. The predicted molar refractivity (Wildman–Crippen MR) is 119 cm³/mol. The van der Waals surface area contributed by atoms with Gasteiger partial charge >= 0.3 is 11.3 Å². The van der Waals surface area contributed by atoms with E-state index < -0.39 is 11.3 Å². The minimum absolute atomic E-state index is 0.0297. The van der Waals surface area contributed by atoms with Crippen LogP contribution in [0.4, 0.5) is 5.69 Å². The van der Waals surface area contributed by atoms with Gasteiger partial charge in [0.2, 0.25) is 0 Å². The van der Waals surface area contributed by atoms with E-state index in [0.717, 1.165) is 5.39 Å². The highest BCUT2D eigenvalue weighted by Gasteiger charge is 2.12. The zero-order valence-electron chi connectivity index (χ0n) is 16.1. The van der Waals surface area contributed by atoms with Crippen molar-refractivity contribution < 1.29 is 13.9 Å². The first-order chi connectivity index (χ1) is 15.1. The summed E-state index contributed by atoms with van der Waals surface area (Å²) in [6.45, 7) is 0. The van der Waals surface area contributed by atoms with Gasteiger partial charge in [-0.3, -0.25) is 4.99 Å². The molecule has 0 spiro atoms. The minimum atomic E-state index is -0.676. The van der Waals surface area contributed by atoms with Crippen LogP contribution in [0.3, 0.4) is 0 Å². The molecule has 5 rings (SSSR count). The van der Waals surface area contributed by atoms with Crippen LogP contribution >= 0.6 is 0 Å². The number of hydrogen-bond donors (Lipinski definition) is 1. The SMILES string of the molecule is O=c1oc2ccccc2cc1-c1ccc(N=Cc2c(O)c3ccccc3oc2=O)cc1. The first-order valence-electron chi connectivity index (χ1n) is 9.52. The highest BCUT2D eigenvalue weighted by atomic mass is 16.4. The summed E-state index contributed by atoms with van der Waals surface area (Å²) in [6.07, 6.45) is 1.27. The van der Waals surface area contributed by atoms with Gasteiger partial charge in [-0.05, 0) is 42.0 Å². The third-order valence-corrected chi connectivity index (χ3v) is 4.98. The summed E-state index contributed by atoms with van der Waals surface area (Å²) < 4.78 is 10.6. The van der Waals surface area contributed by atoms with Crippen LogP contribution in [0.5, 0.6) is 5.75 Å². The van der Waals surface area contributed by atoms with Gasteiger partial charge in [-0.15, -0.1) is 0 Å².